The molecule has 0 bridgehead atoms. The fourth-order valence-corrected chi connectivity index (χ4v) is 2.82. The zero-order valence-electron chi connectivity index (χ0n) is 8.23. The Hall–Kier alpha value is -0.740. The van der Waals surface area contributed by atoms with Crippen molar-refractivity contribution in [2.75, 3.05) is 5.75 Å². The summed E-state index contributed by atoms with van der Waals surface area (Å²) in [4.78, 5) is 0. The van der Waals surface area contributed by atoms with Crippen LogP contribution >= 0.6 is 10.7 Å². The number of benzene rings is 1. The molecule has 1 aliphatic heterocycles. The highest BCUT2D eigenvalue weighted by Crippen LogP contribution is 2.30. The molecular weight excluding hydrogens is 236 g/mol. The number of ether oxygens (including phenoxy) is 1. The number of rotatable bonds is 2. The van der Waals surface area contributed by atoms with E-state index in [-0.39, 0.29) is 11.9 Å². The Morgan fingerprint density at radius 1 is 1.53 bits per heavy atom. The normalized spacial score (nSPS) is 19.7. The Morgan fingerprint density at radius 3 is 2.93 bits per heavy atom. The lowest BCUT2D eigenvalue weighted by atomic mass is 10.1. The minimum atomic E-state index is -3.49. The molecule has 0 N–H and O–H groups in total. The molecule has 1 aromatic carbocycles. The molecule has 0 radical (unpaired) electrons. The van der Waals surface area contributed by atoms with Gasteiger partial charge in [-0.05, 0) is 18.6 Å². The van der Waals surface area contributed by atoms with Crippen LogP contribution < -0.4 is 4.74 Å². The average Bonchev–Trinajstić information content (AvgIpc) is 2.42. The summed E-state index contributed by atoms with van der Waals surface area (Å²) in [5.41, 5.74) is 2.20. The van der Waals surface area contributed by atoms with Crippen LogP contribution in [0.25, 0.3) is 0 Å². The van der Waals surface area contributed by atoms with Gasteiger partial charge in [-0.2, -0.15) is 0 Å². The van der Waals surface area contributed by atoms with Gasteiger partial charge in [0.05, 0.1) is 0 Å². The van der Waals surface area contributed by atoms with Crippen molar-refractivity contribution in [2.45, 2.75) is 19.4 Å². The second kappa shape index (κ2) is 3.68. The maximum absolute atomic E-state index is 10.9. The van der Waals surface area contributed by atoms with Gasteiger partial charge in [0.15, 0.2) is 0 Å². The van der Waals surface area contributed by atoms with E-state index < -0.39 is 9.05 Å². The molecule has 3 nitrogen and oxygen atoms in total. The summed E-state index contributed by atoms with van der Waals surface area (Å²) >= 11 is 0. The zero-order valence-corrected chi connectivity index (χ0v) is 9.81. The fourth-order valence-electron chi connectivity index (χ4n) is 1.76. The maximum atomic E-state index is 10.9. The topological polar surface area (TPSA) is 43.4 Å². The molecule has 0 spiro atoms. The standard InChI is InChI=1S/C10H11ClO3S/c1-7-2-3-10-8(4-7)5-9(14-10)6-15(11,12)13/h2-4,9H,5-6H2,1H3. The molecule has 1 aliphatic rings. The third-order valence-corrected chi connectivity index (χ3v) is 3.49. The lowest BCUT2D eigenvalue weighted by Gasteiger charge is -2.07. The van der Waals surface area contributed by atoms with E-state index >= 15 is 0 Å². The summed E-state index contributed by atoms with van der Waals surface area (Å²) in [5.74, 6) is 0.633. The van der Waals surface area contributed by atoms with E-state index in [1.165, 1.54) is 0 Å². The molecule has 0 saturated heterocycles. The minimum Gasteiger partial charge on any atom is -0.489 e. The van der Waals surface area contributed by atoms with Crippen LogP contribution in [0.2, 0.25) is 0 Å². The first-order chi connectivity index (χ1) is 6.94. The van der Waals surface area contributed by atoms with Gasteiger partial charge in [0.25, 0.3) is 0 Å². The van der Waals surface area contributed by atoms with Crippen molar-refractivity contribution < 1.29 is 13.2 Å². The molecular formula is C10H11ClO3S. The molecule has 82 valence electrons. The minimum absolute atomic E-state index is 0.137. The summed E-state index contributed by atoms with van der Waals surface area (Å²) in [6, 6.07) is 5.82. The van der Waals surface area contributed by atoms with Crippen LogP contribution in [0, 0.1) is 6.92 Å². The molecule has 1 heterocycles. The molecule has 2 rings (SSSR count). The van der Waals surface area contributed by atoms with Gasteiger partial charge in [0, 0.05) is 17.1 Å². The monoisotopic (exact) mass is 246 g/mol. The lowest BCUT2D eigenvalue weighted by molar-refractivity contribution is 0.257. The summed E-state index contributed by atoms with van der Waals surface area (Å²) in [6.45, 7) is 1.99. The van der Waals surface area contributed by atoms with E-state index in [1.807, 2.05) is 25.1 Å². The van der Waals surface area contributed by atoms with Gasteiger partial charge < -0.3 is 4.74 Å². The first-order valence-electron chi connectivity index (χ1n) is 4.62. The van der Waals surface area contributed by atoms with Crippen LogP contribution in [0.3, 0.4) is 0 Å². The van der Waals surface area contributed by atoms with Crippen LogP contribution in [0.4, 0.5) is 0 Å². The van der Waals surface area contributed by atoms with Crippen LogP contribution in [-0.2, 0) is 15.5 Å². The summed E-state index contributed by atoms with van der Waals surface area (Å²) in [7, 11) is 1.69. The van der Waals surface area contributed by atoms with Gasteiger partial charge in [0.1, 0.15) is 17.6 Å². The number of hydrogen-bond acceptors (Lipinski definition) is 3. The van der Waals surface area contributed by atoms with Crippen molar-refractivity contribution in [2.24, 2.45) is 0 Å². The van der Waals surface area contributed by atoms with Crippen molar-refractivity contribution in [3.8, 4) is 5.75 Å². The highest BCUT2D eigenvalue weighted by molar-refractivity contribution is 8.13. The Labute approximate surface area is 93.4 Å². The van der Waals surface area contributed by atoms with E-state index in [2.05, 4.69) is 0 Å². The third-order valence-electron chi connectivity index (χ3n) is 2.34. The maximum Gasteiger partial charge on any atom is 0.236 e. The van der Waals surface area contributed by atoms with Crippen LogP contribution in [0.5, 0.6) is 5.75 Å². The van der Waals surface area contributed by atoms with Crippen molar-refractivity contribution in [3.05, 3.63) is 29.3 Å². The van der Waals surface area contributed by atoms with Gasteiger partial charge in [-0.25, -0.2) is 8.42 Å². The highest BCUT2D eigenvalue weighted by Gasteiger charge is 2.26. The smallest absolute Gasteiger partial charge is 0.236 e. The molecule has 0 saturated carbocycles. The van der Waals surface area contributed by atoms with E-state index in [0.29, 0.717) is 6.42 Å². The predicted octanol–water partition coefficient (Wildman–Crippen LogP) is 1.87. The van der Waals surface area contributed by atoms with Crippen LogP contribution in [0.15, 0.2) is 18.2 Å². The van der Waals surface area contributed by atoms with Gasteiger partial charge in [-0.15, -0.1) is 0 Å². The predicted molar refractivity (Wildman–Crippen MR) is 58.9 cm³/mol. The molecule has 1 aromatic rings. The molecule has 0 fully saturated rings. The number of aryl methyl sites for hydroxylation is 1. The first kappa shape index (κ1) is 10.8. The van der Waals surface area contributed by atoms with E-state index in [9.17, 15) is 8.42 Å². The van der Waals surface area contributed by atoms with Crippen molar-refractivity contribution >= 4 is 19.7 Å². The van der Waals surface area contributed by atoms with Crippen molar-refractivity contribution in [3.63, 3.8) is 0 Å². The van der Waals surface area contributed by atoms with E-state index in [1.54, 1.807) is 0 Å². The largest absolute Gasteiger partial charge is 0.489 e. The third kappa shape index (κ3) is 2.63. The Kier molecular flexibility index (Phi) is 2.64. The molecule has 0 aromatic heterocycles. The fraction of sp³-hybridized carbons (Fsp3) is 0.400. The number of halogens is 1. The molecule has 0 amide bonds. The molecule has 0 aliphatic carbocycles. The van der Waals surface area contributed by atoms with Crippen LogP contribution in [-0.4, -0.2) is 20.3 Å². The number of hydrogen-bond donors (Lipinski definition) is 0. The lowest BCUT2D eigenvalue weighted by Crippen LogP contribution is -2.22. The molecule has 15 heavy (non-hydrogen) atoms. The SMILES string of the molecule is Cc1ccc2c(c1)CC(CS(=O)(=O)Cl)O2. The second-order valence-electron chi connectivity index (χ2n) is 3.76. The van der Waals surface area contributed by atoms with Gasteiger partial charge in [-0.3, -0.25) is 0 Å². The highest BCUT2D eigenvalue weighted by atomic mass is 35.7. The number of fused-ring (bicyclic) bond motifs is 1. The average molecular weight is 247 g/mol. The Balaban J connectivity index is 2.16. The molecule has 5 heteroatoms. The van der Waals surface area contributed by atoms with Crippen LogP contribution in [0.1, 0.15) is 11.1 Å². The van der Waals surface area contributed by atoms with Gasteiger partial charge >= 0.3 is 0 Å². The summed E-state index contributed by atoms with van der Waals surface area (Å²) < 4.78 is 27.3. The van der Waals surface area contributed by atoms with Gasteiger partial charge in [0.2, 0.25) is 9.05 Å². The quantitative estimate of drug-likeness (QED) is 0.749. The van der Waals surface area contributed by atoms with E-state index in [0.717, 1.165) is 16.9 Å². The molecule has 1 unspecified atom stereocenters. The summed E-state index contributed by atoms with van der Waals surface area (Å²) in [5, 5.41) is 0. The summed E-state index contributed by atoms with van der Waals surface area (Å²) in [6.07, 6.45) is 0.271. The van der Waals surface area contributed by atoms with Gasteiger partial charge in [-0.1, -0.05) is 17.7 Å². The van der Waals surface area contributed by atoms with E-state index in [4.69, 9.17) is 15.4 Å². The Morgan fingerprint density at radius 2 is 2.27 bits per heavy atom. The molecule has 1 atom stereocenters. The van der Waals surface area contributed by atoms with Crippen molar-refractivity contribution in [1.29, 1.82) is 0 Å². The second-order valence-corrected chi connectivity index (χ2v) is 6.58. The Bertz CT molecular complexity index is 481. The first-order valence-corrected chi connectivity index (χ1v) is 7.10. The van der Waals surface area contributed by atoms with Crippen molar-refractivity contribution in [1.82, 2.24) is 0 Å². The zero-order chi connectivity index (χ0) is 11.1.